The molecule has 5 N–H and O–H groups in total. The van der Waals surface area contributed by atoms with Gasteiger partial charge in [0.25, 0.3) is 0 Å². The summed E-state index contributed by atoms with van der Waals surface area (Å²) >= 11 is 0. The van der Waals surface area contributed by atoms with E-state index in [-0.39, 0.29) is 11.3 Å². The summed E-state index contributed by atoms with van der Waals surface area (Å²) in [5, 5.41) is 15.6. The fourth-order valence-corrected chi connectivity index (χ4v) is 7.87. The Kier molecular flexibility index (Phi) is 10.4. The van der Waals surface area contributed by atoms with E-state index in [2.05, 4.69) is 26.6 Å². The first-order valence-electron chi connectivity index (χ1n) is 13.7. The minimum absolute atomic E-state index is 0.00958. The Balaban J connectivity index is 1.28. The van der Waals surface area contributed by atoms with Gasteiger partial charge in [0.1, 0.15) is 25.4 Å². The number of sulfonamides is 1. The van der Waals surface area contributed by atoms with Gasteiger partial charge in [-0.15, -0.1) is 0 Å². The number of nitrogens with zero attached hydrogens (tertiary/aromatic N) is 1. The lowest BCUT2D eigenvalue weighted by atomic mass is 9.88. The molecule has 4 fully saturated rings. The molecule has 0 amide bonds. The van der Waals surface area contributed by atoms with E-state index in [0.717, 1.165) is 44.9 Å². The lowest BCUT2D eigenvalue weighted by Crippen LogP contribution is -2.76. The Labute approximate surface area is 217 Å². The summed E-state index contributed by atoms with van der Waals surface area (Å²) in [6.07, 6.45) is 0.984. The number of rotatable bonds is 9. The van der Waals surface area contributed by atoms with Gasteiger partial charge < -0.3 is 4.74 Å². The van der Waals surface area contributed by atoms with Gasteiger partial charge in [-0.05, 0) is 57.3 Å². The van der Waals surface area contributed by atoms with Gasteiger partial charge in [-0.3, -0.25) is 26.6 Å². The van der Waals surface area contributed by atoms with Crippen LogP contribution < -0.4 is 26.6 Å². The first-order chi connectivity index (χ1) is 17.6. The van der Waals surface area contributed by atoms with Gasteiger partial charge in [-0.25, -0.2) is 17.1 Å². The fraction of sp³-hybridized carbons (Fsp3) is 1.00. The second kappa shape index (κ2) is 13.2. The number of hydrogen-bond acceptors (Lipinski definition) is 8. The first-order valence-corrected chi connectivity index (χ1v) is 15.2. The Hall–Kier alpha value is -0.610. The SMILES string of the molecule is O=S(=O)(C1CCCCC1)N1CCC(NC2NC(NCC3CCC(F)CC3)NC(OCC(F)(F)F)N2)CC1. The molecule has 0 radical (unpaired) electrons. The maximum atomic E-state index is 13.4. The molecule has 3 atom stereocenters. The molecule has 2 saturated heterocycles. The Bertz CT molecular complexity index is 801. The molecule has 9 nitrogen and oxygen atoms in total. The average Bonchev–Trinajstić information content (AvgIpc) is 2.87. The molecule has 0 aromatic heterocycles. The number of piperidine rings is 1. The van der Waals surface area contributed by atoms with Crippen molar-refractivity contribution in [1.29, 1.82) is 0 Å². The van der Waals surface area contributed by atoms with Crippen molar-refractivity contribution in [2.24, 2.45) is 5.92 Å². The van der Waals surface area contributed by atoms with Crippen LogP contribution in [-0.2, 0) is 14.8 Å². The van der Waals surface area contributed by atoms with Crippen molar-refractivity contribution in [3.8, 4) is 0 Å². The van der Waals surface area contributed by atoms with E-state index in [1.165, 1.54) is 0 Å². The molecule has 0 aromatic carbocycles. The minimum Gasteiger partial charge on any atom is -0.340 e. The minimum atomic E-state index is -4.46. The summed E-state index contributed by atoms with van der Waals surface area (Å²) < 4.78 is 84.4. The Morgan fingerprint density at radius 1 is 0.865 bits per heavy atom. The summed E-state index contributed by atoms with van der Waals surface area (Å²) in [5.41, 5.74) is 0. The van der Waals surface area contributed by atoms with Crippen LogP contribution in [0.3, 0.4) is 0 Å². The molecule has 2 aliphatic heterocycles. The van der Waals surface area contributed by atoms with Crippen molar-refractivity contribution in [2.45, 2.75) is 113 Å². The molecule has 37 heavy (non-hydrogen) atoms. The van der Waals surface area contributed by atoms with Crippen LogP contribution in [0, 0.1) is 5.92 Å². The zero-order valence-corrected chi connectivity index (χ0v) is 22.1. The third-order valence-corrected chi connectivity index (χ3v) is 10.4. The molecule has 2 saturated carbocycles. The van der Waals surface area contributed by atoms with E-state index in [1.807, 2.05) is 0 Å². The van der Waals surface area contributed by atoms with E-state index in [0.29, 0.717) is 51.2 Å². The normalized spacial score (nSPS) is 34.0. The van der Waals surface area contributed by atoms with E-state index >= 15 is 0 Å². The zero-order valence-electron chi connectivity index (χ0n) is 21.2. The van der Waals surface area contributed by atoms with Crippen molar-refractivity contribution in [3.05, 3.63) is 0 Å². The zero-order chi connectivity index (χ0) is 26.5. The second-order valence-electron chi connectivity index (χ2n) is 10.8. The molecule has 0 aromatic rings. The maximum absolute atomic E-state index is 13.4. The predicted octanol–water partition coefficient (Wildman–Crippen LogP) is 2.03. The topological polar surface area (TPSA) is 107 Å². The molecule has 216 valence electrons. The summed E-state index contributed by atoms with van der Waals surface area (Å²) in [7, 11) is -3.30. The van der Waals surface area contributed by atoms with Crippen molar-refractivity contribution in [1.82, 2.24) is 30.9 Å². The van der Waals surface area contributed by atoms with Gasteiger partial charge in [-0.2, -0.15) is 13.2 Å². The van der Waals surface area contributed by atoms with Gasteiger partial charge in [0.2, 0.25) is 10.0 Å². The third kappa shape index (κ3) is 8.95. The van der Waals surface area contributed by atoms with Crippen LogP contribution in [0.5, 0.6) is 0 Å². The summed E-state index contributed by atoms with van der Waals surface area (Å²) in [5.74, 6) is 0.307. The van der Waals surface area contributed by atoms with Gasteiger partial charge in [-0.1, -0.05) is 19.3 Å². The summed E-state index contributed by atoms with van der Waals surface area (Å²) in [4.78, 5) is 0. The van der Waals surface area contributed by atoms with Gasteiger partial charge >= 0.3 is 6.18 Å². The molecule has 14 heteroatoms. The van der Waals surface area contributed by atoms with Crippen LogP contribution in [0.2, 0.25) is 0 Å². The van der Waals surface area contributed by atoms with Gasteiger partial charge in [0.15, 0.2) is 6.35 Å². The van der Waals surface area contributed by atoms with Crippen LogP contribution in [-0.4, -0.2) is 81.5 Å². The molecule has 0 spiro atoms. The molecule has 4 rings (SSSR count). The third-order valence-electron chi connectivity index (χ3n) is 7.96. The summed E-state index contributed by atoms with van der Waals surface area (Å²) in [6, 6.07) is -0.00958. The molecular formula is C23H42F4N6O3S. The van der Waals surface area contributed by atoms with Crippen LogP contribution >= 0.6 is 0 Å². The van der Waals surface area contributed by atoms with E-state index in [4.69, 9.17) is 4.74 Å². The monoisotopic (exact) mass is 558 g/mol. The number of ether oxygens (including phenoxy) is 1. The molecule has 2 heterocycles. The van der Waals surface area contributed by atoms with Crippen LogP contribution in [0.1, 0.15) is 70.6 Å². The highest BCUT2D eigenvalue weighted by Crippen LogP contribution is 2.28. The average molecular weight is 559 g/mol. The van der Waals surface area contributed by atoms with Crippen molar-refractivity contribution in [2.75, 3.05) is 26.2 Å². The summed E-state index contributed by atoms with van der Waals surface area (Å²) in [6.45, 7) is 0.0609. The number of alkyl halides is 4. The molecular weight excluding hydrogens is 516 g/mol. The first kappa shape index (κ1) is 29.4. The van der Waals surface area contributed by atoms with E-state index in [1.54, 1.807) is 4.31 Å². The Morgan fingerprint density at radius 2 is 1.51 bits per heavy atom. The highest BCUT2D eigenvalue weighted by Gasteiger charge is 2.37. The Morgan fingerprint density at radius 3 is 2.16 bits per heavy atom. The smallest absolute Gasteiger partial charge is 0.340 e. The predicted molar refractivity (Wildman–Crippen MR) is 131 cm³/mol. The quantitative estimate of drug-likeness (QED) is 0.274. The van der Waals surface area contributed by atoms with Crippen molar-refractivity contribution >= 4 is 10.0 Å². The highest BCUT2D eigenvalue weighted by atomic mass is 32.2. The lowest BCUT2D eigenvalue weighted by molar-refractivity contribution is -0.199. The standard InChI is InChI=1S/C23H42F4N6O3S/c24-17-8-6-16(7-9-17)14-28-20-30-21(32-22(31-20)36-15-23(25,26)27)29-18-10-12-33(13-11-18)37(34,35)19-4-2-1-3-5-19/h16-22,28-32H,1-15H2. The van der Waals surface area contributed by atoms with Crippen LogP contribution in [0.25, 0.3) is 0 Å². The van der Waals surface area contributed by atoms with E-state index < -0.39 is 47.9 Å². The lowest BCUT2D eigenvalue weighted by Gasteiger charge is -2.42. The number of nitrogens with one attached hydrogen (secondary N) is 5. The van der Waals surface area contributed by atoms with Crippen molar-refractivity contribution < 1.29 is 30.7 Å². The highest BCUT2D eigenvalue weighted by molar-refractivity contribution is 7.89. The van der Waals surface area contributed by atoms with Gasteiger partial charge in [0.05, 0.1) is 5.25 Å². The largest absolute Gasteiger partial charge is 0.411 e. The number of hydrogen-bond donors (Lipinski definition) is 5. The molecule has 3 unspecified atom stereocenters. The van der Waals surface area contributed by atoms with Crippen molar-refractivity contribution in [3.63, 3.8) is 0 Å². The molecule has 0 bridgehead atoms. The maximum Gasteiger partial charge on any atom is 0.411 e. The van der Waals surface area contributed by atoms with Gasteiger partial charge in [0, 0.05) is 25.7 Å². The molecule has 4 aliphatic rings. The van der Waals surface area contributed by atoms with E-state index in [9.17, 15) is 26.0 Å². The fourth-order valence-electron chi connectivity index (χ4n) is 5.80. The van der Waals surface area contributed by atoms with Crippen LogP contribution in [0.4, 0.5) is 17.6 Å². The van der Waals surface area contributed by atoms with Crippen LogP contribution in [0.15, 0.2) is 0 Å². The molecule has 2 aliphatic carbocycles. The second-order valence-corrected chi connectivity index (χ2v) is 13.1. The number of halogens is 4.